The van der Waals surface area contributed by atoms with Gasteiger partial charge in [0.15, 0.2) is 0 Å². The molecule has 0 radical (unpaired) electrons. The third kappa shape index (κ3) is 6.05. The van der Waals surface area contributed by atoms with Crippen LogP contribution in [0.3, 0.4) is 0 Å². The minimum absolute atomic E-state index is 0.241. The van der Waals surface area contributed by atoms with Crippen molar-refractivity contribution >= 4 is 23.5 Å². The van der Waals surface area contributed by atoms with Crippen molar-refractivity contribution in [2.45, 2.75) is 46.1 Å². The van der Waals surface area contributed by atoms with E-state index >= 15 is 0 Å². The van der Waals surface area contributed by atoms with Gasteiger partial charge in [0.05, 0.1) is 30.3 Å². The summed E-state index contributed by atoms with van der Waals surface area (Å²) in [7, 11) is 0. The summed E-state index contributed by atoms with van der Waals surface area (Å²) in [5.74, 6) is -1.11. The molecule has 2 aromatic rings. The van der Waals surface area contributed by atoms with Crippen LogP contribution >= 0.6 is 11.6 Å². The van der Waals surface area contributed by atoms with Crippen molar-refractivity contribution in [1.82, 2.24) is 4.90 Å². The number of benzene rings is 2. The lowest BCUT2D eigenvalue weighted by atomic mass is 9.82. The summed E-state index contributed by atoms with van der Waals surface area (Å²) >= 11 is 6.01. The Hall–Kier alpha value is -3.05. The molecule has 0 unspecified atom stereocenters. The smallest absolute Gasteiger partial charge is 0.336 e. The van der Waals surface area contributed by atoms with E-state index in [9.17, 15) is 9.59 Å². The van der Waals surface area contributed by atoms with Crippen molar-refractivity contribution < 1.29 is 19.1 Å². The van der Waals surface area contributed by atoms with Crippen LogP contribution in [0.5, 0.6) is 0 Å². The molecule has 0 fully saturated rings. The molecular weight excluding hydrogens is 438 g/mol. The Kier molecular flexibility index (Phi) is 8.34. The highest BCUT2D eigenvalue weighted by Gasteiger charge is 2.35. The molecule has 0 bridgehead atoms. The van der Waals surface area contributed by atoms with Crippen LogP contribution in [0.4, 0.5) is 0 Å². The van der Waals surface area contributed by atoms with E-state index in [2.05, 4.69) is 13.8 Å². The summed E-state index contributed by atoms with van der Waals surface area (Å²) in [5.41, 5.74) is 3.80. The first-order valence-electron chi connectivity index (χ1n) is 11.2. The molecule has 0 spiro atoms. The Morgan fingerprint density at radius 1 is 0.879 bits per heavy atom. The number of hydrogen-bond donors (Lipinski definition) is 0. The van der Waals surface area contributed by atoms with Crippen molar-refractivity contribution in [3.8, 4) is 0 Å². The Labute approximate surface area is 200 Å². The van der Waals surface area contributed by atoms with Gasteiger partial charge in [-0.05, 0) is 48.6 Å². The molecule has 0 saturated heterocycles. The van der Waals surface area contributed by atoms with Crippen molar-refractivity contribution in [3.05, 3.63) is 93.8 Å². The number of nitrogens with zero attached hydrogens (tertiary/aromatic N) is 1. The second kappa shape index (κ2) is 11.2. The molecule has 0 saturated carbocycles. The molecule has 174 valence electrons. The fraction of sp³-hybridized carbons (Fsp3) is 0.333. The Balaban J connectivity index is 2.06. The van der Waals surface area contributed by atoms with Crippen molar-refractivity contribution in [2.24, 2.45) is 0 Å². The van der Waals surface area contributed by atoms with Crippen LogP contribution in [0, 0.1) is 0 Å². The standard InChI is InChI=1S/C27H30ClNO4/c1-5-32-26(30)23-16-29(15-19-7-13-22(28)14-8-19)17-24(27(31)33-6-2)25(23)21-11-9-20(10-12-21)18(3)4/h7-14,16-18,25H,5-6,15H2,1-4H3. The molecule has 1 heterocycles. The van der Waals surface area contributed by atoms with Gasteiger partial charge >= 0.3 is 11.9 Å². The molecule has 0 aliphatic carbocycles. The first kappa shape index (κ1) is 24.6. The third-order valence-electron chi connectivity index (χ3n) is 5.47. The van der Waals surface area contributed by atoms with Crippen LogP contribution in [-0.4, -0.2) is 30.1 Å². The lowest BCUT2D eigenvalue weighted by Crippen LogP contribution is -2.29. The molecular formula is C27H30ClNO4. The zero-order chi connectivity index (χ0) is 24.0. The maximum Gasteiger partial charge on any atom is 0.336 e. The first-order valence-corrected chi connectivity index (χ1v) is 11.6. The number of esters is 2. The first-order chi connectivity index (χ1) is 15.8. The van der Waals surface area contributed by atoms with Gasteiger partial charge in [-0.15, -0.1) is 0 Å². The molecule has 1 aliphatic rings. The van der Waals surface area contributed by atoms with Crippen LogP contribution < -0.4 is 0 Å². The minimum Gasteiger partial charge on any atom is -0.463 e. The van der Waals surface area contributed by atoms with Crippen molar-refractivity contribution in [2.75, 3.05) is 13.2 Å². The normalized spacial score (nSPS) is 14.1. The highest BCUT2D eigenvalue weighted by molar-refractivity contribution is 6.30. The largest absolute Gasteiger partial charge is 0.463 e. The van der Waals surface area contributed by atoms with Crippen molar-refractivity contribution in [1.29, 1.82) is 0 Å². The molecule has 5 nitrogen and oxygen atoms in total. The number of halogens is 1. The van der Waals surface area contributed by atoms with Gasteiger partial charge in [-0.25, -0.2) is 9.59 Å². The van der Waals surface area contributed by atoms with E-state index in [-0.39, 0.29) is 13.2 Å². The van der Waals surface area contributed by atoms with E-state index in [1.807, 2.05) is 53.4 Å². The number of hydrogen-bond acceptors (Lipinski definition) is 5. The van der Waals surface area contributed by atoms with E-state index in [1.54, 1.807) is 26.2 Å². The maximum absolute atomic E-state index is 13.0. The highest BCUT2D eigenvalue weighted by atomic mass is 35.5. The van der Waals surface area contributed by atoms with E-state index in [0.717, 1.165) is 11.1 Å². The Morgan fingerprint density at radius 3 is 1.85 bits per heavy atom. The Bertz CT molecular complexity index is 1000. The molecule has 0 amide bonds. The lowest BCUT2D eigenvalue weighted by Gasteiger charge is -2.30. The highest BCUT2D eigenvalue weighted by Crippen LogP contribution is 2.38. The van der Waals surface area contributed by atoms with Gasteiger partial charge in [0, 0.05) is 24.0 Å². The van der Waals surface area contributed by atoms with Crippen molar-refractivity contribution in [3.63, 3.8) is 0 Å². The van der Waals surface area contributed by atoms with E-state index in [4.69, 9.17) is 21.1 Å². The summed E-state index contributed by atoms with van der Waals surface area (Å²) in [6, 6.07) is 15.4. The van der Waals surface area contributed by atoms with Gasteiger partial charge < -0.3 is 14.4 Å². The molecule has 0 atom stereocenters. The van der Waals surface area contributed by atoms with Gasteiger partial charge in [0.25, 0.3) is 0 Å². The third-order valence-corrected chi connectivity index (χ3v) is 5.72. The quantitative estimate of drug-likeness (QED) is 0.448. The minimum atomic E-state index is -0.578. The summed E-state index contributed by atoms with van der Waals surface area (Å²) < 4.78 is 10.7. The maximum atomic E-state index is 13.0. The molecule has 0 N–H and O–H groups in total. The van der Waals surface area contributed by atoms with Crippen LogP contribution in [0.15, 0.2) is 72.1 Å². The lowest BCUT2D eigenvalue weighted by molar-refractivity contribution is -0.139. The SMILES string of the molecule is CCOC(=O)C1=CN(Cc2ccc(Cl)cc2)C=C(C(=O)OCC)C1c1ccc(C(C)C)cc1. The summed E-state index contributed by atoms with van der Waals surface area (Å²) in [5, 5.41) is 0.646. The van der Waals surface area contributed by atoms with Gasteiger partial charge in [0.2, 0.25) is 0 Å². The number of ether oxygens (including phenoxy) is 2. The van der Waals surface area contributed by atoms with Gasteiger partial charge in [-0.3, -0.25) is 0 Å². The van der Waals surface area contributed by atoms with Crippen LogP contribution in [0.25, 0.3) is 0 Å². The number of rotatable bonds is 8. The van der Waals surface area contributed by atoms with Gasteiger partial charge in [-0.2, -0.15) is 0 Å². The number of carbonyl (C=O) groups excluding carboxylic acids is 2. The molecule has 1 aliphatic heterocycles. The second-order valence-electron chi connectivity index (χ2n) is 8.16. The van der Waals surface area contributed by atoms with Crippen LogP contribution in [0.1, 0.15) is 56.2 Å². The fourth-order valence-corrected chi connectivity index (χ4v) is 3.93. The van der Waals surface area contributed by atoms with E-state index in [0.29, 0.717) is 28.6 Å². The molecule has 2 aromatic carbocycles. The van der Waals surface area contributed by atoms with Crippen LogP contribution in [-0.2, 0) is 25.6 Å². The Morgan fingerprint density at radius 2 is 1.39 bits per heavy atom. The summed E-state index contributed by atoms with van der Waals surface area (Å²) in [6.07, 6.45) is 3.52. The van der Waals surface area contributed by atoms with Gasteiger partial charge in [0.1, 0.15) is 0 Å². The van der Waals surface area contributed by atoms with Gasteiger partial charge in [-0.1, -0.05) is 61.8 Å². The van der Waals surface area contributed by atoms with E-state index in [1.165, 1.54) is 5.56 Å². The monoisotopic (exact) mass is 467 g/mol. The van der Waals surface area contributed by atoms with Crippen LogP contribution in [0.2, 0.25) is 5.02 Å². The topological polar surface area (TPSA) is 55.8 Å². The van der Waals surface area contributed by atoms with E-state index < -0.39 is 17.9 Å². The summed E-state index contributed by atoms with van der Waals surface area (Å²) in [6.45, 7) is 8.72. The molecule has 0 aromatic heterocycles. The predicted molar refractivity (Wildman–Crippen MR) is 130 cm³/mol. The molecule has 33 heavy (non-hydrogen) atoms. The second-order valence-corrected chi connectivity index (χ2v) is 8.60. The molecule has 6 heteroatoms. The summed E-state index contributed by atoms with van der Waals surface area (Å²) in [4.78, 5) is 27.8. The average Bonchev–Trinajstić information content (AvgIpc) is 2.80. The predicted octanol–water partition coefficient (Wildman–Crippen LogP) is 5.96. The average molecular weight is 468 g/mol. The fourth-order valence-electron chi connectivity index (χ4n) is 3.81. The number of carbonyl (C=O) groups is 2. The zero-order valence-corrected chi connectivity index (χ0v) is 20.3. The zero-order valence-electron chi connectivity index (χ0n) is 19.5. The molecule has 3 rings (SSSR count).